The summed E-state index contributed by atoms with van der Waals surface area (Å²) in [6.07, 6.45) is -3.32. The van der Waals surface area contributed by atoms with Crippen LogP contribution in [0.25, 0.3) is 11.3 Å². The third-order valence-corrected chi connectivity index (χ3v) is 4.73. The van der Waals surface area contributed by atoms with Crippen molar-refractivity contribution in [3.63, 3.8) is 0 Å². The maximum Gasteiger partial charge on any atom is 0.408 e. The fourth-order valence-electron chi connectivity index (χ4n) is 2.97. The molecule has 0 fully saturated rings. The Balaban J connectivity index is 2.24. The molecular formula is C17H17Cl2F4N5. The Morgan fingerprint density at radius 1 is 1.18 bits per heavy atom. The van der Waals surface area contributed by atoms with E-state index in [1.807, 2.05) is 0 Å². The van der Waals surface area contributed by atoms with E-state index >= 15 is 0 Å². The molecule has 0 radical (unpaired) electrons. The van der Waals surface area contributed by atoms with E-state index in [1.54, 1.807) is 0 Å². The molecule has 0 saturated heterocycles. The van der Waals surface area contributed by atoms with Crippen molar-refractivity contribution in [1.29, 1.82) is 0 Å². The summed E-state index contributed by atoms with van der Waals surface area (Å²) in [5.74, 6) is -1.70. The van der Waals surface area contributed by atoms with Crippen LogP contribution in [0.1, 0.15) is 13.8 Å². The number of hydrogen-bond donors (Lipinski definition) is 3. The van der Waals surface area contributed by atoms with E-state index in [1.165, 1.54) is 26.1 Å². The number of nitrogens with zero attached hydrogens (tertiary/aromatic N) is 2. The second kappa shape index (κ2) is 7.79. The molecule has 3 heterocycles. The molecule has 28 heavy (non-hydrogen) atoms. The smallest absolute Gasteiger partial charge is 0.379 e. The van der Waals surface area contributed by atoms with Crippen molar-refractivity contribution in [3.05, 3.63) is 28.3 Å². The summed E-state index contributed by atoms with van der Waals surface area (Å²) in [5, 5.41) is 8.52. The highest BCUT2D eigenvalue weighted by Crippen LogP contribution is 2.44. The highest BCUT2D eigenvalue weighted by atomic mass is 35.5. The number of pyridine rings is 2. The first-order valence-electron chi connectivity index (χ1n) is 8.45. The average molecular weight is 438 g/mol. The van der Waals surface area contributed by atoms with Gasteiger partial charge in [-0.3, -0.25) is 4.98 Å². The summed E-state index contributed by atoms with van der Waals surface area (Å²) in [6, 6.07) is -0.587. The van der Waals surface area contributed by atoms with Crippen LogP contribution in [0, 0.1) is 11.9 Å². The van der Waals surface area contributed by atoms with Crippen LogP contribution in [-0.2, 0) is 0 Å². The van der Waals surface area contributed by atoms with Gasteiger partial charge in [0.25, 0.3) is 0 Å². The Kier molecular flexibility index (Phi) is 5.77. The van der Waals surface area contributed by atoms with Gasteiger partial charge in [0.05, 0.1) is 27.0 Å². The molecule has 0 bridgehead atoms. The molecule has 1 aliphatic rings. The van der Waals surface area contributed by atoms with Gasteiger partial charge in [-0.1, -0.05) is 37.0 Å². The van der Waals surface area contributed by atoms with Gasteiger partial charge >= 0.3 is 6.18 Å². The lowest BCUT2D eigenvalue weighted by molar-refractivity contribution is -0.150. The van der Waals surface area contributed by atoms with E-state index in [9.17, 15) is 17.6 Å². The highest BCUT2D eigenvalue weighted by Gasteiger charge is 2.43. The lowest BCUT2D eigenvalue weighted by Crippen LogP contribution is -2.41. The third-order valence-electron chi connectivity index (χ3n) is 4.24. The van der Waals surface area contributed by atoms with Gasteiger partial charge in [-0.05, 0) is 12.0 Å². The molecule has 152 valence electrons. The number of hydrogen-bond acceptors (Lipinski definition) is 5. The van der Waals surface area contributed by atoms with Crippen LogP contribution in [-0.4, -0.2) is 35.3 Å². The van der Waals surface area contributed by atoms with Gasteiger partial charge in [-0.15, -0.1) is 0 Å². The summed E-state index contributed by atoms with van der Waals surface area (Å²) in [4.78, 5) is 7.85. The van der Waals surface area contributed by atoms with E-state index in [0.29, 0.717) is 13.1 Å². The standard InChI is InChI=1S/C17H17Cl2F4N5/c1-7(2)14(17(21,22)23)27-12-10(11-9(19)5-8(18)6-26-11)15(20)28-16-13(12)24-3-4-25-16/h5-7,14,24H,3-4H2,1-2H3,(H2,25,27,28)/t14-/m0/s1. The monoisotopic (exact) mass is 437 g/mol. The van der Waals surface area contributed by atoms with Gasteiger partial charge in [0.15, 0.2) is 5.82 Å². The second-order valence-electron chi connectivity index (χ2n) is 6.62. The van der Waals surface area contributed by atoms with Crippen molar-refractivity contribution < 1.29 is 17.6 Å². The Hall–Kier alpha value is -2.00. The van der Waals surface area contributed by atoms with Crippen LogP contribution in [0.2, 0.25) is 10.0 Å². The van der Waals surface area contributed by atoms with Crippen LogP contribution in [0.5, 0.6) is 0 Å². The number of halogens is 6. The zero-order valence-electron chi connectivity index (χ0n) is 14.9. The SMILES string of the molecule is CC(C)[C@H](Nc1c2c(nc(F)c1-c1ncc(Cl)cc1Cl)NCCN2)C(F)(F)F. The first-order chi connectivity index (χ1) is 13.1. The summed E-state index contributed by atoms with van der Waals surface area (Å²) in [7, 11) is 0. The van der Waals surface area contributed by atoms with Crippen LogP contribution < -0.4 is 16.0 Å². The van der Waals surface area contributed by atoms with Gasteiger partial charge in [0.2, 0.25) is 5.95 Å². The largest absolute Gasteiger partial charge is 0.408 e. The van der Waals surface area contributed by atoms with E-state index in [0.717, 1.165) is 0 Å². The summed E-state index contributed by atoms with van der Waals surface area (Å²) >= 11 is 12.0. The Morgan fingerprint density at radius 3 is 2.46 bits per heavy atom. The van der Waals surface area contributed by atoms with Gasteiger partial charge in [-0.2, -0.15) is 22.5 Å². The molecule has 3 rings (SSSR count). The molecule has 2 aromatic rings. The molecule has 0 aromatic carbocycles. The van der Waals surface area contributed by atoms with Crippen molar-refractivity contribution in [2.75, 3.05) is 29.0 Å². The van der Waals surface area contributed by atoms with Crippen molar-refractivity contribution >= 4 is 40.4 Å². The second-order valence-corrected chi connectivity index (χ2v) is 7.47. The summed E-state index contributed by atoms with van der Waals surface area (Å²) in [6.45, 7) is 3.72. The van der Waals surface area contributed by atoms with Crippen molar-refractivity contribution in [3.8, 4) is 11.3 Å². The lowest BCUT2D eigenvalue weighted by atomic mass is 10.0. The molecular weight excluding hydrogens is 421 g/mol. The molecule has 0 amide bonds. The fraction of sp³-hybridized carbons (Fsp3) is 0.412. The number of nitrogens with one attached hydrogen (secondary N) is 3. The van der Waals surface area contributed by atoms with Gasteiger partial charge in [-0.25, -0.2) is 0 Å². The van der Waals surface area contributed by atoms with E-state index in [4.69, 9.17) is 23.2 Å². The minimum Gasteiger partial charge on any atom is -0.379 e. The Morgan fingerprint density at radius 2 is 1.86 bits per heavy atom. The van der Waals surface area contributed by atoms with Crippen molar-refractivity contribution in [2.24, 2.45) is 5.92 Å². The number of fused-ring (bicyclic) bond motifs is 1. The van der Waals surface area contributed by atoms with Crippen molar-refractivity contribution in [2.45, 2.75) is 26.1 Å². The quantitative estimate of drug-likeness (QED) is 0.439. The average Bonchev–Trinajstić information content (AvgIpc) is 2.58. The lowest BCUT2D eigenvalue weighted by Gasteiger charge is -2.30. The van der Waals surface area contributed by atoms with E-state index in [2.05, 4.69) is 25.9 Å². The van der Waals surface area contributed by atoms with Gasteiger partial charge < -0.3 is 16.0 Å². The molecule has 5 nitrogen and oxygen atoms in total. The molecule has 0 spiro atoms. The first-order valence-corrected chi connectivity index (χ1v) is 9.21. The molecule has 11 heteroatoms. The maximum absolute atomic E-state index is 14.9. The zero-order chi connectivity index (χ0) is 20.6. The number of rotatable bonds is 4. The molecule has 0 aliphatic carbocycles. The van der Waals surface area contributed by atoms with Gasteiger partial charge in [0.1, 0.15) is 11.7 Å². The number of alkyl halides is 3. The molecule has 0 unspecified atom stereocenters. The molecule has 2 aromatic heterocycles. The van der Waals surface area contributed by atoms with Gasteiger partial charge in [0, 0.05) is 19.3 Å². The molecule has 1 atom stereocenters. The van der Waals surface area contributed by atoms with Crippen LogP contribution in [0.15, 0.2) is 12.3 Å². The third kappa shape index (κ3) is 4.05. The number of anilines is 3. The van der Waals surface area contributed by atoms with E-state index in [-0.39, 0.29) is 38.5 Å². The molecule has 1 aliphatic heterocycles. The van der Waals surface area contributed by atoms with Crippen molar-refractivity contribution in [1.82, 2.24) is 9.97 Å². The highest BCUT2D eigenvalue weighted by molar-refractivity contribution is 6.36. The summed E-state index contributed by atoms with van der Waals surface area (Å²) in [5.41, 5.74) is -0.197. The first kappa shape index (κ1) is 20.7. The number of aromatic nitrogens is 2. The predicted octanol–water partition coefficient (Wildman–Crippen LogP) is 5.43. The Labute approximate surface area is 168 Å². The minimum absolute atomic E-state index is 0.00641. The predicted molar refractivity (Wildman–Crippen MR) is 103 cm³/mol. The van der Waals surface area contributed by atoms with Crippen LogP contribution >= 0.6 is 23.2 Å². The zero-order valence-corrected chi connectivity index (χ0v) is 16.4. The summed E-state index contributed by atoms with van der Waals surface area (Å²) < 4.78 is 55.7. The molecule has 0 saturated carbocycles. The molecule has 3 N–H and O–H groups in total. The normalized spacial score (nSPS) is 14.9. The fourth-order valence-corrected chi connectivity index (χ4v) is 3.44. The van der Waals surface area contributed by atoms with Crippen LogP contribution in [0.3, 0.4) is 0 Å². The Bertz CT molecular complexity index is 889. The van der Waals surface area contributed by atoms with E-state index < -0.39 is 24.1 Å². The topological polar surface area (TPSA) is 61.9 Å². The minimum atomic E-state index is -4.56. The van der Waals surface area contributed by atoms with Crippen LogP contribution in [0.4, 0.5) is 34.8 Å². The maximum atomic E-state index is 14.9.